The third-order valence-corrected chi connectivity index (χ3v) is 9.37. The smallest absolute Gasteiger partial charge is 0.154 e. The number of nitrogens with two attached hydrogens (primary N) is 1. The highest BCUT2D eigenvalue weighted by Gasteiger charge is 2.22. The summed E-state index contributed by atoms with van der Waals surface area (Å²) in [4.78, 5) is 31.5. The lowest BCUT2D eigenvalue weighted by Crippen LogP contribution is -2.30. The first kappa shape index (κ1) is 42.0. The highest BCUT2D eigenvalue weighted by atomic mass is 35.5. The number of aromatic nitrogens is 6. The van der Waals surface area contributed by atoms with Crippen LogP contribution in [0.2, 0.25) is 0 Å². The number of thiocarbonyl (C=S) groups is 1. The van der Waals surface area contributed by atoms with Crippen LogP contribution in [0.4, 0.5) is 11.6 Å². The lowest BCUT2D eigenvalue weighted by atomic mass is 10.1. The van der Waals surface area contributed by atoms with Crippen LogP contribution in [0.25, 0.3) is 44.6 Å². The number of halogens is 1. The molecule has 4 aromatic heterocycles. The summed E-state index contributed by atoms with van der Waals surface area (Å²) in [6.07, 6.45) is 1.76. The van der Waals surface area contributed by atoms with Crippen molar-refractivity contribution in [3.63, 3.8) is 0 Å². The second-order valence-corrected chi connectivity index (χ2v) is 16.1. The fourth-order valence-corrected chi connectivity index (χ4v) is 6.95. The second-order valence-electron chi connectivity index (χ2n) is 15.7. The molecule has 0 saturated heterocycles. The number of fused-ring (bicyclic) bond motifs is 4. The van der Waals surface area contributed by atoms with E-state index in [0.717, 1.165) is 109 Å². The molecule has 0 unspecified atom stereocenters. The molecule has 56 heavy (non-hydrogen) atoms. The summed E-state index contributed by atoms with van der Waals surface area (Å²) in [5.41, 5.74) is 15.5. The Morgan fingerprint density at radius 2 is 1.18 bits per heavy atom. The van der Waals surface area contributed by atoms with E-state index in [0.29, 0.717) is 12.4 Å². The molecule has 6 heterocycles. The van der Waals surface area contributed by atoms with Gasteiger partial charge in [0.05, 0.1) is 22.4 Å². The van der Waals surface area contributed by atoms with Gasteiger partial charge in [0.2, 0.25) is 0 Å². The van der Waals surface area contributed by atoms with Gasteiger partial charge in [-0.3, -0.25) is 15.7 Å². The van der Waals surface area contributed by atoms with Gasteiger partial charge >= 0.3 is 0 Å². The first-order chi connectivity index (χ1) is 26.2. The van der Waals surface area contributed by atoms with Crippen molar-refractivity contribution in [2.45, 2.75) is 79.3 Å². The lowest BCUT2D eigenvalue weighted by Gasteiger charge is -2.22. The highest BCUT2D eigenvalue weighted by molar-refractivity contribution is 7.80. The number of H-pyrrole nitrogens is 2. The van der Waals surface area contributed by atoms with Crippen molar-refractivity contribution in [1.29, 1.82) is 0 Å². The van der Waals surface area contributed by atoms with Gasteiger partial charge in [0.1, 0.15) is 27.7 Å². The summed E-state index contributed by atoms with van der Waals surface area (Å²) < 4.78 is 0. The van der Waals surface area contributed by atoms with Crippen LogP contribution in [0.5, 0.6) is 0 Å². The number of aryl methyl sites for hydroxylation is 2. The Hall–Kier alpha value is -5.19. The highest BCUT2D eigenvalue weighted by Crippen LogP contribution is 2.33. The van der Waals surface area contributed by atoms with Gasteiger partial charge in [-0.05, 0) is 79.7 Å². The van der Waals surface area contributed by atoms with E-state index in [1.54, 1.807) is 0 Å². The van der Waals surface area contributed by atoms with Gasteiger partial charge in [-0.15, -0.1) is 12.4 Å². The summed E-state index contributed by atoms with van der Waals surface area (Å²) in [7, 11) is 0. The first-order valence-electron chi connectivity index (χ1n) is 18.2. The summed E-state index contributed by atoms with van der Waals surface area (Å²) in [6, 6.07) is 16.2. The third-order valence-electron chi connectivity index (χ3n) is 9.00. The van der Waals surface area contributed by atoms with Crippen LogP contribution in [-0.2, 0) is 12.8 Å². The predicted molar refractivity (Wildman–Crippen MR) is 232 cm³/mol. The SMILES string of the molecule is Cc1nc2cccc(-c3cc4c([nH]3)CCN=C4NO)c2nc1NC(C)(C)C.Cc1nc2cccc(-c3cc4c([nH]3)CCNC4=S)c2nc1NC(C)(C)C.Cl.NO. The van der Waals surface area contributed by atoms with Crippen molar-refractivity contribution in [3.8, 4) is 22.5 Å². The average molecular weight is 799 g/mol. The predicted octanol–water partition coefficient (Wildman–Crippen LogP) is 7.15. The zero-order chi connectivity index (χ0) is 39.7. The number of rotatable bonds is 4. The maximum atomic E-state index is 9.34. The van der Waals surface area contributed by atoms with Crippen LogP contribution in [0, 0.1) is 13.8 Å². The van der Waals surface area contributed by atoms with Crippen LogP contribution in [0.1, 0.15) is 75.4 Å². The van der Waals surface area contributed by atoms with E-state index in [1.807, 2.05) is 50.2 Å². The quantitative estimate of drug-likeness (QED) is 0.0644. The Balaban J connectivity index is 0.000000202. The van der Waals surface area contributed by atoms with Crippen LogP contribution < -0.4 is 27.3 Å². The van der Waals surface area contributed by atoms with Crippen molar-refractivity contribution in [1.82, 2.24) is 40.7 Å². The number of nitrogens with zero attached hydrogens (tertiary/aromatic N) is 5. The van der Waals surface area contributed by atoms with Crippen molar-refractivity contribution in [2.24, 2.45) is 10.9 Å². The number of aromatic amines is 2. The van der Waals surface area contributed by atoms with Crippen molar-refractivity contribution in [3.05, 3.63) is 82.4 Å². The lowest BCUT2D eigenvalue weighted by molar-refractivity contribution is 0.234. The molecule has 8 rings (SSSR count). The van der Waals surface area contributed by atoms with Gasteiger partial charge < -0.3 is 31.1 Å². The molecule has 2 aliphatic heterocycles. The van der Waals surface area contributed by atoms with Gasteiger partial charge in [-0.25, -0.2) is 25.8 Å². The van der Waals surface area contributed by atoms with Gasteiger partial charge in [-0.2, -0.15) is 0 Å². The number of hydrogen-bond donors (Lipinski definition) is 9. The number of hydroxylamine groups is 1. The summed E-state index contributed by atoms with van der Waals surface area (Å²) in [5, 5.41) is 26.0. The number of benzene rings is 2. The molecule has 2 aromatic carbocycles. The van der Waals surface area contributed by atoms with Gasteiger partial charge in [0, 0.05) is 82.0 Å². The molecule has 6 aromatic rings. The van der Waals surface area contributed by atoms with E-state index in [2.05, 4.69) is 96.0 Å². The maximum absolute atomic E-state index is 9.34. The summed E-state index contributed by atoms with van der Waals surface area (Å²) in [6.45, 7) is 18.2. The number of amidine groups is 1. The van der Waals surface area contributed by atoms with E-state index in [4.69, 9.17) is 37.4 Å². The van der Waals surface area contributed by atoms with E-state index in [1.165, 1.54) is 5.69 Å². The summed E-state index contributed by atoms with van der Waals surface area (Å²) >= 11 is 5.45. The number of nitrogens with one attached hydrogen (secondary N) is 6. The van der Waals surface area contributed by atoms with Crippen LogP contribution in [-0.4, -0.2) is 75.3 Å². The van der Waals surface area contributed by atoms with Crippen molar-refractivity contribution in [2.75, 3.05) is 23.7 Å². The van der Waals surface area contributed by atoms with Crippen LogP contribution >= 0.6 is 24.6 Å². The van der Waals surface area contributed by atoms with Crippen LogP contribution in [0.15, 0.2) is 53.5 Å². The van der Waals surface area contributed by atoms with Crippen molar-refractivity contribution < 1.29 is 10.4 Å². The fourth-order valence-electron chi connectivity index (χ4n) is 6.66. The molecule has 0 spiro atoms. The summed E-state index contributed by atoms with van der Waals surface area (Å²) in [5.74, 6) is 5.61. The Bertz CT molecular complexity index is 2410. The average Bonchev–Trinajstić information content (AvgIpc) is 3.78. The molecule has 0 atom stereocenters. The fraction of sp³-hybridized carbons (Fsp3) is 0.350. The zero-order valence-corrected chi connectivity index (χ0v) is 34.6. The Kier molecular flexibility index (Phi) is 12.7. The molecule has 10 N–H and O–H groups in total. The second kappa shape index (κ2) is 16.9. The minimum atomic E-state index is -0.105. The third kappa shape index (κ3) is 9.09. The molecular weight excluding hydrogens is 748 g/mol. The molecule has 296 valence electrons. The zero-order valence-electron chi connectivity index (χ0n) is 33.0. The number of para-hydroxylation sites is 2. The van der Waals surface area contributed by atoms with E-state index >= 15 is 0 Å². The van der Waals surface area contributed by atoms with E-state index < -0.39 is 0 Å². The Morgan fingerprint density at radius 1 is 0.696 bits per heavy atom. The van der Waals surface area contributed by atoms with Crippen molar-refractivity contribution >= 4 is 69.2 Å². The molecule has 0 saturated carbocycles. The van der Waals surface area contributed by atoms with Gasteiger partial charge in [0.15, 0.2) is 5.84 Å². The number of hydrogen-bond acceptors (Lipinski definition) is 12. The standard InChI is InChI=1S/C20H24N6O.C20H23N5S.ClH.H3NO/c1-11-18(25-20(2,3)4)24-17-12(6-5-7-15(17)22-11)16-10-13-14(23-16)8-9-21-19(13)26-27;1-11-18(25-20(2,3)4)24-17-12(6-5-7-15(17)22-11)16-10-13-14(23-16)8-9-21-19(13)26;;1-2/h5-7,10,23,27H,8-9H2,1-4H3,(H,21,26)(H,24,25);5-7,10,23H,8-9H2,1-4H3,(H,21,26)(H,24,25);1H;2H,1H2. The monoisotopic (exact) mass is 798 g/mol. The molecule has 0 fully saturated rings. The van der Waals surface area contributed by atoms with Gasteiger partial charge in [-0.1, -0.05) is 36.5 Å². The van der Waals surface area contributed by atoms with E-state index in [-0.39, 0.29) is 23.5 Å². The number of anilines is 2. The minimum Gasteiger partial charge on any atom is -0.375 e. The normalized spacial score (nSPS) is 13.5. The molecule has 0 aliphatic carbocycles. The molecule has 2 aliphatic rings. The first-order valence-corrected chi connectivity index (χ1v) is 18.6. The Labute approximate surface area is 338 Å². The maximum Gasteiger partial charge on any atom is 0.154 e. The molecule has 0 amide bonds. The molecule has 14 nitrogen and oxygen atoms in total. The molecule has 16 heteroatoms. The molecular formula is C40H51ClN12O2S. The molecule has 0 radical (unpaired) electrons. The molecule has 0 bridgehead atoms. The topological polar surface area (TPSA) is 210 Å². The Morgan fingerprint density at radius 3 is 1.64 bits per heavy atom. The van der Waals surface area contributed by atoms with Crippen LogP contribution in [0.3, 0.4) is 0 Å². The number of aliphatic imine (C=N–C) groups is 1. The largest absolute Gasteiger partial charge is 0.375 e. The van der Waals surface area contributed by atoms with Gasteiger partial charge in [0.25, 0.3) is 0 Å². The minimum absolute atomic E-state index is 0. The van der Waals surface area contributed by atoms with E-state index in [9.17, 15) is 5.21 Å².